The van der Waals surface area contributed by atoms with E-state index < -0.39 is 11.8 Å². The second-order valence-electron chi connectivity index (χ2n) is 6.05. The van der Waals surface area contributed by atoms with Crippen molar-refractivity contribution in [3.8, 4) is 11.5 Å². The van der Waals surface area contributed by atoms with Crippen molar-refractivity contribution < 1.29 is 14.3 Å². The molecule has 0 saturated carbocycles. The summed E-state index contributed by atoms with van der Waals surface area (Å²) in [6.07, 6.45) is 1.42. The summed E-state index contributed by atoms with van der Waals surface area (Å²) in [6.45, 7) is 1.75. The summed E-state index contributed by atoms with van der Waals surface area (Å²) in [5.74, 6) is -0.394. The number of nitrogens with zero attached hydrogens (tertiary/aromatic N) is 1. The maximum atomic E-state index is 12.0. The lowest BCUT2D eigenvalue weighted by Gasteiger charge is -2.08. The monoisotopic (exact) mass is 407 g/mol. The third-order valence-electron chi connectivity index (χ3n) is 3.94. The van der Waals surface area contributed by atoms with Crippen LogP contribution < -0.4 is 15.5 Å². The lowest BCUT2D eigenvalue weighted by atomic mass is 10.2. The second kappa shape index (κ2) is 9.52. The smallest absolute Gasteiger partial charge is 0.329 e. The van der Waals surface area contributed by atoms with Crippen molar-refractivity contribution >= 4 is 35.3 Å². The zero-order valence-electron chi connectivity index (χ0n) is 15.6. The lowest BCUT2D eigenvalue weighted by molar-refractivity contribution is -0.136. The van der Waals surface area contributed by atoms with Gasteiger partial charge in [0.25, 0.3) is 0 Å². The molecule has 0 aliphatic rings. The number of rotatable bonds is 5. The van der Waals surface area contributed by atoms with Gasteiger partial charge in [0.15, 0.2) is 0 Å². The summed E-state index contributed by atoms with van der Waals surface area (Å²) in [4.78, 5) is 24.0. The SMILES string of the molecule is Cc1c(Cl)cccc1NC(=O)C(=O)NN=Cc1cccc(Oc2ccccc2)c1. The first kappa shape index (κ1) is 20.1. The fourth-order valence-corrected chi connectivity index (χ4v) is 2.60. The molecule has 0 aliphatic heterocycles. The topological polar surface area (TPSA) is 79.8 Å². The minimum absolute atomic E-state index is 0.465. The number of ether oxygens (including phenoxy) is 1. The molecule has 6 nitrogen and oxygen atoms in total. The fourth-order valence-electron chi connectivity index (χ4n) is 2.42. The van der Waals surface area contributed by atoms with Gasteiger partial charge in [-0.05, 0) is 54.4 Å². The van der Waals surface area contributed by atoms with Crippen LogP contribution >= 0.6 is 11.6 Å². The van der Waals surface area contributed by atoms with Crippen molar-refractivity contribution in [1.82, 2.24) is 5.43 Å². The van der Waals surface area contributed by atoms with Gasteiger partial charge in [0.05, 0.1) is 6.21 Å². The van der Waals surface area contributed by atoms with Gasteiger partial charge in [-0.3, -0.25) is 9.59 Å². The minimum Gasteiger partial charge on any atom is -0.457 e. The van der Waals surface area contributed by atoms with Crippen LogP contribution in [0.5, 0.6) is 11.5 Å². The molecular weight excluding hydrogens is 390 g/mol. The molecule has 0 aromatic heterocycles. The zero-order valence-corrected chi connectivity index (χ0v) is 16.3. The first-order chi connectivity index (χ1) is 14.0. The predicted molar refractivity (Wildman–Crippen MR) is 114 cm³/mol. The first-order valence-electron chi connectivity index (χ1n) is 8.75. The normalized spacial score (nSPS) is 10.6. The number of halogens is 1. The van der Waals surface area contributed by atoms with Crippen molar-refractivity contribution in [3.05, 3.63) is 88.9 Å². The van der Waals surface area contributed by atoms with Gasteiger partial charge in [0.2, 0.25) is 0 Å². The Morgan fingerprint density at radius 2 is 1.66 bits per heavy atom. The van der Waals surface area contributed by atoms with E-state index in [9.17, 15) is 9.59 Å². The highest BCUT2D eigenvalue weighted by molar-refractivity contribution is 6.40. The van der Waals surface area contributed by atoms with Gasteiger partial charge in [-0.1, -0.05) is 48.0 Å². The summed E-state index contributed by atoms with van der Waals surface area (Å²) in [5, 5.41) is 6.83. The lowest BCUT2D eigenvalue weighted by Crippen LogP contribution is -2.32. The maximum absolute atomic E-state index is 12.0. The number of nitrogens with one attached hydrogen (secondary N) is 2. The average molecular weight is 408 g/mol. The number of amides is 2. The minimum atomic E-state index is -0.891. The number of anilines is 1. The zero-order chi connectivity index (χ0) is 20.6. The second-order valence-corrected chi connectivity index (χ2v) is 6.46. The summed E-state index contributed by atoms with van der Waals surface area (Å²) in [5.41, 5.74) is 4.04. The Labute approximate surface area is 173 Å². The van der Waals surface area contributed by atoms with Crippen LogP contribution in [0.1, 0.15) is 11.1 Å². The highest BCUT2D eigenvalue weighted by Crippen LogP contribution is 2.23. The standard InChI is InChI=1S/C22H18ClN3O3/c1-15-19(23)11-6-12-20(15)25-21(27)22(28)26-24-14-16-7-5-10-18(13-16)29-17-8-3-2-4-9-17/h2-14H,1H3,(H,25,27)(H,26,28). The van der Waals surface area contributed by atoms with Crippen molar-refractivity contribution in [2.24, 2.45) is 5.10 Å². The van der Waals surface area contributed by atoms with Crippen LogP contribution in [0.25, 0.3) is 0 Å². The number of carbonyl (C=O) groups is 2. The van der Waals surface area contributed by atoms with E-state index in [-0.39, 0.29) is 0 Å². The van der Waals surface area contributed by atoms with Crippen LogP contribution in [0.15, 0.2) is 77.9 Å². The van der Waals surface area contributed by atoms with Crippen LogP contribution in [0.4, 0.5) is 5.69 Å². The Morgan fingerprint density at radius 3 is 2.45 bits per heavy atom. The molecule has 0 spiro atoms. The molecule has 0 bridgehead atoms. The summed E-state index contributed by atoms with van der Waals surface area (Å²) >= 11 is 6.01. The van der Waals surface area contributed by atoms with E-state index >= 15 is 0 Å². The third kappa shape index (κ3) is 5.67. The maximum Gasteiger partial charge on any atom is 0.329 e. The van der Waals surface area contributed by atoms with Crippen molar-refractivity contribution in [2.45, 2.75) is 6.92 Å². The molecule has 0 heterocycles. The molecule has 0 unspecified atom stereocenters. The number of benzene rings is 3. The van der Waals surface area contributed by atoms with Gasteiger partial charge in [0.1, 0.15) is 11.5 Å². The highest BCUT2D eigenvalue weighted by atomic mass is 35.5. The number of hydrazone groups is 1. The van der Waals surface area contributed by atoms with Crippen LogP contribution in [0.2, 0.25) is 5.02 Å². The fraction of sp³-hybridized carbons (Fsp3) is 0.0455. The van der Waals surface area contributed by atoms with Crippen LogP contribution in [-0.4, -0.2) is 18.0 Å². The molecule has 0 aliphatic carbocycles. The summed E-state index contributed by atoms with van der Waals surface area (Å²) < 4.78 is 5.75. The van der Waals surface area contributed by atoms with Gasteiger partial charge in [0, 0.05) is 10.7 Å². The van der Waals surface area contributed by atoms with Gasteiger partial charge in [-0.25, -0.2) is 5.43 Å². The Hall–Kier alpha value is -3.64. The molecule has 3 rings (SSSR count). The van der Waals surface area contributed by atoms with E-state index in [1.165, 1.54) is 6.21 Å². The average Bonchev–Trinajstić information content (AvgIpc) is 2.72. The van der Waals surface area contributed by atoms with Crippen molar-refractivity contribution in [2.75, 3.05) is 5.32 Å². The van der Waals surface area contributed by atoms with E-state index in [4.69, 9.17) is 16.3 Å². The molecule has 3 aromatic carbocycles. The third-order valence-corrected chi connectivity index (χ3v) is 4.35. The molecule has 0 atom stereocenters. The molecule has 0 fully saturated rings. The van der Waals surface area contributed by atoms with E-state index in [0.717, 1.165) is 0 Å². The number of para-hydroxylation sites is 1. The summed E-state index contributed by atoms with van der Waals surface area (Å²) in [6, 6.07) is 21.6. The Balaban J connectivity index is 1.57. The number of hydrogen-bond donors (Lipinski definition) is 2. The number of hydrogen-bond acceptors (Lipinski definition) is 4. The molecule has 3 aromatic rings. The van der Waals surface area contributed by atoms with Gasteiger partial charge in [-0.15, -0.1) is 0 Å². The van der Waals surface area contributed by atoms with Gasteiger partial charge >= 0.3 is 11.8 Å². The molecule has 2 amide bonds. The van der Waals surface area contributed by atoms with Crippen molar-refractivity contribution in [3.63, 3.8) is 0 Å². The molecule has 2 N–H and O–H groups in total. The Bertz CT molecular complexity index is 1050. The largest absolute Gasteiger partial charge is 0.457 e. The molecule has 0 radical (unpaired) electrons. The van der Waals surface area contributed by atoms with Gasteiger partial charge < -0.3 is 10.1 Å². The van der Waals surface area contributed by atoms with E-state index in [1.807, 2.05) is 36.4 Å². The van der Waals surface area contributed by atoms with E-state index in [2.05, 4.69) is 15.8 Å². The highest BCUT2D eigenvalue weighted by Gasteiger charge is 2.14. The van der Waals surface area contributed by atoms with Gasteiger partial charge in [-0.2, -0.15) is 5.10 Å². The quantitative estimate of drug-likeness (QED) is 0.370. The van der Waals surface area contributed by atoms with Crippen LogP contribution in [-0.2, 0) is 9.59 Å². The molecule has 29 heavy (non-hydrogen) atoms. The van der Waals surface area contributed by atoms with E-state index in [1.54, 1.807) is 43.3 Å². The van der Waals surface area contributed by atoms with Crippen molar-refractivity contribution in [1.29, 1.82) is 0 Å². The molecular formula is C22H18ClN3O3. The predicted octanol–water partition coefficient (Wildman–Crippen LogP) is 4.53. The molecule has 146 valence electrons. The molecule has 0 saturated heterocycles. The first-order valence-corrected chi connectivity index (χ1v) is 9.13. The van der Waals surface area contributed by atoms with E-state index in [0.29, 0.717) is 33.3 Å². The summed E-state index contributed by atoms with van der Waals surface area (Å²) in [7, 11) is 0. The molecule has 7 heteroatoms. The number of carbonyl (C=O) groups excluding carboxylic acids is 2. The Morgan fingerprint density at radius 1 is 0.931 bits per heavy atom. The van der Waals surface area contributed by atoms with Crippen LogP contribution in [0, 0.1) is 6.92 Å². The van der Waals surface area contributed by atoms with Crippen LogP contribution in [0.3, 0.4) is 0 Å². The Kier molecular flexibility index (Phi) is 6.60.